The average Bonchev–Trinajstić information content (AvgIpc) is 2.69. The van der Waals surface area contributed by atoms with Gasteiger partial charge in [0.2, 0.25) is 5.91 Å². The van der Waals surface area contributed by atoms with E-state index in [9.17, 15) is 4.79 Å². The zero-order chi connectivity index (χ0) is 20.1. The van der Waals surface area contributed by atoms with Gasteiger partial charge in [-0.05, 0) is 50.7 Å². The number of anilines is 1. The molecule has 0 aromatic heterocycles. The number of ether oxygens (including phenoxy) is 1. The zero-order valence-corrected chi connectivity index (χ0v) is 17.4. The third kappa shape index (κ3) is 4.85. The van der Waals surface area contributed by atoms with Crippen LogP contribution in [0.4, 0.5) is 5.69 Å². The van der Waals surface area contributed by atoms with Crippen LogP contribution in [0.25, 0.3) is 0 Å². The highest BCUT2D eigenvalue weighted by molar-refractivity contribution is 6.32. The van der Waals surface area contributed by atoms with Crippen LogP contribution in [0.15, 0.2) is 48.5 Å². The molecule has 0 bridgehead atoms. The summed E-state index contributed by atoms with van der Waals surface area (Å²) < 4.78 is 5.19. The molecule has 0 radical (unpaired) electrons. The van der Waals surface area contributed by atoms with Crippen molar-refractivity contribution in [3.63, 3.8) is 0 Å². The van der Waals surface area contributed by atoms with E-state index in [1.165, 1.54) is 0 Å². The van der Waals surface area contributed by atoms with Gasteiger partial charge >= 0.3 is 0 Å². The molecule has 3 rings (SSSR count). The van der Waals surface area contributed by atoms with E-state index in [4.69, 9.17) is 16.3 Å². The highest BCUT2D eigenvalue weighted by Crippen LogP contribution is 2.30. The van der Waals surface area contributed by atoms with Crippen molar-refractivity contribution >= 4 is 23.2 Å². The fraction of sp³-hybridized carbons (Fsp3) is 0.409. The van der Waals surface area contributed by atoms with Crippen molar-refractivity contribution in [2.75, 3.05) is 39.6 Å². The van der Waals surface area contributed by atoms with Gasteiger partial charge in [0, 0.05) is 24.8 Å². The van der Waals surface area contributed by atoms with Crippen LogP contribution < -0.4 is 10.1 Å². The van der Waals surface area contributed by atoms with E-state index in [-0.39, 0.29) is 11.9 Å². The maximum absolute atomic E-state index is 13.3. The van der Waals surface area contributed by atoms with Crippen LogP contribution in [0, 0.1) is 0 Å². The third-order valence-electron chi connectivity index (χ3n) is 5.38. The van der Waals surface area contributed by atoms with Crippen molar-refractivity contribution in [3.8, 4) is 5.75 Å². The standard InChI is InChI=1S/C22H28ClN3O2/c1-25(2)18-11-13-26(14-12-18)21(16-7-5-4-6-8-16)22(27)24-17-9-10-20(28-3)19(23)15-17/h4-10,15,18,21H,11-14H2,1-3H3,(H,24,27). The van der Waals surface area contributed by atoms with Gasteiger partial charge in [0.15, 0.2) is 0 Å². The number of carbonyl (C=O) groups is 1. The predicted octanol–water partition coefficient (Wildman–Crippen LogP) is 4.05. The number of nitrogens with one attached hydrogen (secondary N) is 1. The molecule has 0 spiro atoms. The van der Waals surface area contributed by atoms with Crippen LogP contribution in [0.1, 0.15) is 24.4 Å². The number of carbonyl (C=O) groups excluding carboxylic acids is 1. The number of rotatable bonds is 6. The monoisotopic (exact) mass is 401 g/mol. The number of methoxy groups -OCH3 is 1. The van der Waals surface area contributed by atoms with Crippen LogP contribution in [-0.2, 0) is 4.79 Å². The van der Waals surface area contributed by atoms with E-state index in [0.29, 0.717) is 22.5 Å². The Morgan fingerprint density at radius 3 is 2.43 bits per heavy atom. The van der Waals surface area contributed by atoms with E-state index < -0.39 is 0 Å². The molecule has 1 aliphatic rings. The molecule has 1 atom stereocenters. The highest BCUT2D eigenvalue weighted by atomic mass is 35.5. The van der Waals surface area contributed by atoms with Gasteiger partial charge in [0.25, 0.3) is 0 Å². The first-order chi connectivity index (χ1) is 13.5. The van der Waals surface area contributed by atoms with E-state index in [0.717, 1.165) is 31.5 Å². The molecule has 0 saturated carbocycles. The van der Waals surface area contributed by atoms with Gasteiger partial charge in [-0.3, -0.25) is 9.69 Å². The van der Waals surface area contributed by atoms with Crippen molar-refractivity contribution in [2.45, 2.75) is 24.9 Å². The van der Waals surface area contributed by atoms with Crippen LogP contribution in [0.5, 0.6) is 5.75 Å². The lowest BCUT2D eigenvalue weighted by molar-refractivity contribution is -0.122. The summed E-state index contributed by atoms with van der Waals surface area (Å²) in [6.07, 6.45) is 2.11. The van der Waals surface area contributed by atoms with Gasteiger partial charge < -0.3 is 15.0 Å². The lowest BCUT2D eigenvalue weighted by Crippen LogP contribution is -2.46. The summed E-state index contributed by atoms with van der Waals surface area (Å²) in [5, 5.41) is 3.51. The van der Waals surface area contributed by atoms with Gasteiger partial charge in [-0.25, -0.2) is 0 Å². The molecule has 1 unspecified atom stereocenters. The summed E-state index contributed by atoms with van der Waals surface area (Å²) in [7, 11) is 5.81. The predicted molar refractivity (Wildman–Crippen MR) is 114 cm³/mol. The highest BCUT2D eigenvalue weighted by Gasteiger charge is 2.31. The Labute approximate surface area is 172 Å². The third-order valence-corrected chi connectivity index (χ3v) is 5.67. The van der Waals surface area contributed by atoms with Gasteiger partial charge in [0.05, 0.1) is 12.1 Å². The topological polar surface area (TPSA) is 44.8 Å². The lowest BCUT2D eigenvalue weighted by Gasteiger charge is -2.39. The summed E-state index contributed by atoms with van der Waals surface area (Å²) in [6.45, 7) is 1.78. The molecular weight excluding hydrogens is 374 g/mol. The summed E-state index contributed by atoms with van der Waals surface area (Å²) in [5.74, 6) is 0.542. The molecule has 1 saturated heterocycles. The second kappa shape index (κ2) is 9.41. The molecule has 1 heterocycles. The van der Waals surface area contributed by atoms with Gasteiger partial charge in [-0.1, -0.05) is 41.9 Å². The second-order valence-corrected chi connectivity index (χ2v) is 7.79. The number of benzene rings is 2. The summed E-state index contributed by atoms with van der Waals surface area (Å²) in [4.78, 5) is 17.8. The lowest BCUT2D eigenvalue weighted by atomic mass is 9.98. The molecule has 28 heavy (non-hydrogen) atoms. The van der Waals surface area contributed by atoms with Crippen LogP contribution in [0.2, 0.25) is 5.02 Å². The van der Waals surface area contributed by atoms with E-state index in [1.54, 1.807) is 19.2 Å². The Hall–Kier alpha value is -2.08. The minimum atomic E-state index is -0.329. The Morgan fingerprint density at radius 1 is 1.18 bits per heavy atom. The Bertz CT molecular complexity index is 790. The normalized spacial score (nSPS) is 16.8. The quantitative estimate of drug-likeness (QED) is 0.792. The summed E-state index contributed by atoms with van der Waals surface area (Å²) in [6, 6.07) is 15.5. The molecule has 1 aliphatic heterocycles. The van der Waals surface area contributed by atoms with Crippen molar-refractivity contribution in [1.29, 1.82) is 0 Å². The molecule has 150 valence electrons. The molecule has 5 nitrogen and oxygen atoms in total. The first-order valence-electron chi connectivity index (χ1n) is 9.59. The number of nitrogens with zero attached hydrogens (tertiary/aromatic N) is 2. The Kier molecular flexibility index (Phi) is 6.94. The number of piperidine rings is 1. The number of halogens is 1. The number of amides is 1. The van der Waals surface area contributed by atoms with Crippen LogP contribution in [0.3, 0.4) is 0 Å². The van der Waals surface area contributed by atoms with Crippen molar-refractivity contribution in [1.82, 2.24) is 9.80 Å². The van der Waals surface area contributed by atoms with Gasteiger partial charge in [-0.2, -0.15) is 0 Å². The van der Waals surface area contributed by atoms with E-state index in [2.05, 4.69) is 29.2 Å². The molecule has 2 aromatic carbocycles. The molecule has 0 aliphatic carbocycles. The summed E-state index contributed by atoms with van der Waals surface area (Å²) in [5.41, 5.74) is 1.67. The second-order valence-electron chi connectivity index (χ2n) is 7.38. The molecular formula is C22H28ClN3O2. The maximum atomic E-state index is 13.3. The molecule has 2 aromatic rings. The fourth-order valence-corrected chi connectivity index (χ4v) is 4.04. The zero-order valence-electron chi connectivity index (χ0n) is 16.7. The van der Waals surface area contributed by atoms with Gasteiger partial charge in [0.1, 0.15) is 11.8 Å². The Balaban J connectivity index is 1.79. The first kappa shape index (κ1) is 20.6. The van der Waals surface area contributed by atoms with Crippen molar-refractivity contribution in [3.05, 3.63) is 59.1 Å². The first-order valence-corrected chi connectivity index (χ1v) is 9.97. The Morgan fingerprint density at radius 2 is 1.86 bits per heavy atom. The number of hydrogen-bond acceptors (Lipinski definition) is 4. The van der Waals surface area contributed by atoms with E-state index >= 15 is 0 Å². The minimum absolute atomic E-state index is 0.0456. The number of likely N-dealkylation sites (tertiary alicyclic amines) is 1. The van der Waals surface area contributed by atoms with Crippen LogP contribution >= 0.6 is 11.6 Å². The molecule has 1 amide bonds. The minimum Gasteiger partial charge on any atom is -0.495 e. The fourth-order valence-electron chi connectivity index (χ4n) is 3.78. The smallest absolute Gasteiger partial charge is 0.246 e. The van der Waals surface area contributed by atoms with Crippen molar-refractivity contribution in [2.24, 2.45) is 0 Å². The largest absolute Gasteiger partial charge is 0.495 e. The number of hydrogen-bond donors (Lipinski definition) is 1. The van der Waals surface area contributed by atoms with Gasteiger partial charge in [-0.15, -0.1) is 0 Å². The van der Waals surface area contributed by atoms with Crippen LogP contribution in [-0.4, -0.2) is 56.0 Å². The molecule has 6 heteroatoms. The van der Waals surface area contributed by atoms with Crippen molar-refractivity contribution < 1.29 is 9.53 Å². The van der Waals surface area contributed by atoms with E-state index in [1.807, 2.05) is 36.4 Å². The molecule has 1 N–H and O–H groups in total. The average molecular weight is 402 g/mol. The maximum Gasteiger partial charge on any atom is 0.246 e. The summed E-state index contributed by atoms with van der Waals surface area (Å²) >= 11 is 6.21. The molecule has 1 fully saturated rings. The SMILES string of the molecule is COc1ccc(NC(=O)C(c2ccccc2)N2CCC(N(C)C)CC2)cc1Cl.